The van der Waals surface area contributed by atoms with Gasteiger partial charge >= 0.3 is 0 Å². The van der Waals surface area contributed by atoms with Crippen molar-refractivity contribution in [2.75, 3.05) is 0 Å². The van der Waals surface area contributed by atoms with E-state index < -0.39 is 0 Å². The maximum atomic E-state index is 10.2. The van der Waals surface area contributed by atoms with Crippen LogP contribution in [0.25, 0.3) is 0 Å². The van der Waals surface area contributed by atoms with Gasteiger partial charge in [-0.1, -0.05) is 49.2 Å². The molecule has 2 aromatic carbocycles. The first-order valence-corrected chi connectivity index (χ1v) is 10.7. The Labute approximate surface area is 154 Å². The van der Waals surface area contributed by atoms with Gasteiger partial charge in [-0.05, 0) is 55.9 Å². The van der Waals surface area contributed by atoms with E-state index in [0.29, 0.717) is 10.5 Å². The molecular weight excluding hydrogens is 332 g/mol. The fourth-order valence-electron chi connectivity index (χ4n) is 3.32. The molecule has 3 rings (SSSR count). The van der Waals surface area contributed by atoms with Crippen molar-refractivity contribution >= 4 is 23.5 Å². The third kappa shape index (κ3) is 5.58. The van der Waals surface area contributed by atoms with E-state index in [2.05, 4.69) is 60.7 Å². The largest absolute Gasteiger partial charge is 0.393 e. The molecule has 0 heterocycles. The summed E-state index contributed by atoms with van der Waals surface area (Å²) in [6, 6.07) is 21.3. The summed E-state index contributed by atoms with van der Waals surface area (Å²) in [5.74, 6) is 0.494. The van der Waals surface area contributed by atoms with Crippen LogP contribution in [-0.2, 0) is 0 Å². The lowest BCUT2D eigenvalue weighted by Crippen LogP contribution is -2.24. The molecule has 128 valence electrons. The van der Waals surface area contributed by atoms with Crippen LogP contribution in [0.3, 0.4) is 0 Å². The zero-order chi connectivity index (χ0) is 16.6. The lowest BCUT2D eigenvalue weighted by molar-refractivity contribution is 0.0649. The molecule has 1 nitrogen and oxygen atoms in total. The van der Waals surface area contributed by atoms with Gasteiger partial charge in [0, 0.05) is 9.79 Å². The van der Waals surface area contributed by atoms with E-state index in [4.69, 9.17) is 0 Å². The smallest absolute Gasteiger partial charge is 0.0596 e. The van der Waals surface area contributed by atoms with Gasteiger partial charge in [0.05, 0.1) is 10.7 Å². The molecule has 0 aliphatic heterocycles. The highest BCUT2D eigenvalue weighted by atomic mass is 32.2. The first-order valence-electron chi connectivity index (χ1n) is 8.93. The molecule has 1 saturated carbocycles. The predicted molar refractivity (Wildman–Crippen MR) is 106 cm³/mol. The summed E-state index contributed by atoms with van der Waals surface area (Å²) >= 11 is 3.91. The second-order valence-electron chi connectivity index (χ2n) is 6.48. The van der Waals surface area contributed by atoms with Gasteiger partial charge in [0.1, 0.15) is 0 Å². The highest BCUT2D eigenvalue weighted by Crippen LogP contribution is 2.40. The molecular formula is C21H26OS2. The van der Waals surface area contributed by atoms with Crippen LogP contribution in [0.1, 0.15) is 38.5 Å². The third-order valence-electron chi connectivity index (χ3n) is 4.66. The third-order valence-corrected chi connectivity index (χ3v) is 7.33. The second-order valence-corrected chi connectivity index (χ2v) is 9.33. The summed E-state index contributed by atoms with van der Waals surface area (Å²) < 4.78 is 0.490. The van der Waals surface area contributed by atoms with Crippen molar-refractivity contribution in [2.45, 2.75) is 59.0 Å². The minimum Gasteiger partial charge on any atom is -0.393 e. The van der Waals surface area contributed by atoms with Gasteiger partial charge in [0.25, 0.3) is 0 Å². The number of benzene rings is 2. The summed E-state index contributed by atoms with van der Waals surface area (Å²) in [5, 5.41) is 10.2. The van der Waals surface area contributed by atoms with Crippen LogP contribution in [0.4, 0.5) is 0 Å². The van der Waals surface area contributed by atoms with E-state index in [-0.39, 0.29) is 6.10 Å². The van der Waals surface area contributed by atoms with Crippen LogP contribution in [0.5, 0.6) is 0 Å². The van der Waals surface area contributed by atoms with E-state index in [0.717, 1.165) is 19.3 Å². The highest BCUT2D eigenvalue weighted by Gasteiger charge is 2.24. The van der Waals surface area contributed by atoms with Crippen LogP contribution in [-0.4, -0.2) is 15.8 Å². The number of aliphatic hydroxyl groups is 1. The molecule has 1 aliphatic rings. The summed E-state index contributed by atoms with van der Waals surface area (Å²) in [6.07, 6.45) is 6.85. The molecule has 2 atom stereocenters. The Morgan fingerprint density at radius 1 is 0.833 bits per heavy atom. The normalized spacial score (nSPS) is 21.1. The molecule has 3 heteroatoms. The number of hydrogen-bond donors (Lipinski definition) is 1. The molecule has 1 fully saturated rings. The van der Waals surface area contributed by atoms with Crippen LogP contribution in [0, 0.1) is 5.92 Å². The fourth-order valence-corrected chi connectivity index (χ4v) is 5.92. The lowest BCUT2D eigenvalue weighted by Gasteiger charge is -2.28. The van der Waals surface area contributed by atoms with E-state index in [9.17, 15) is 5.11 Å². The molecule has 0 bridgehead atoms. The average Bonchev–Trinajstić information content (AvgIpc) is 2.62. The first kappa shape index (κ1) is 17.9. The number of thioether (sulfide) groups is 2. The minimum absolute atomic E-state index is 0.0807. The quantitative estimate of drug-likeness (QED) is 0.468. The molecule has 1 aliphatic carbocycles. The van der Waals surface area contributed by atoms with E-state index >= 15 is 0 Å². The zero-order valence-corrected chi connectivity index (χ0v) is 15.6. The van der Waals surface area contributed by atoms with Crippen molar-refractivity contribution in [3.8, 4) is 0 Å². The lowest BCUT2D eigenvalue weighted by atomic mass is 9.84. The average molecular weight is 359 g/mol. The van der Waals surface area contributed by atoms with Crippen molar-refractivity contribution < 1.29 is 5.11 Å². The van der Waals surface area contributed by atoms with E-state index in [1.807, 2.05) is 23.5 Å². The zero-order valence-electron chi connectivity index (χ0n) is 14.0. The summed E-state index contributed by atoms with van der Waals surface area (Å²) in [7, 11) is 0. The molecule has 1 N–H and O–H groups in total. The van der Waals surface area contributed by atoms with Gasteiger partial charge in [-0.2, -0.15) is 0 Å². The Kier molecular flexibility index (Phi) is 7.13. The van der Waals surface area contributed by atoms with Gasteiger partial charge < -0.3 is 5.11 Å². The number of hydrogen-bond acceptors (Lipinski definition) is 3. The highest BCUT2D eigenvalue weighted by molar-refractivity contribution is 8.17. The number of rotatable bonds is 7. The molecule has 0 aromatic heterocycles. The monoisotopic (exact) mass is 358 g/mol. The van der Waals surface area contributed by atoms with Gasteiger partial charge in [0.2, 0.25) is 0 Å². The SMILES string of the molecule is O[C@@H]1CCCC[C@H]1CCC(Sc1ccccc1)Sc1ccccc1. The van der Waals surface area contributed by atoms with E-state index in [1.54, 1.807) is 0 Å². The topological polar surface area (TPSA) is 20.2 Å². The maximum Gasteiger partial charge on any atom is 0.0596 e. The Morgan fingerprint density at radius 2 is 1.38 bits per heavy atom. The second kappa shape index (κ2) is 9.55. The van der Waals surface area contributed by atoms with Crippen LogP contribution in [0.2, 0.25) is 0 Å². The van der Waals surface area contributed by atoms with Gasteiger partial charge in [-0.25, -0.2) is 0 Å². The van der Waals surface area contributed by atoms with Gasteiger partial charge in [0.15, 0.2) is 0 Å². The summed E-state index contributed by atoms with van der Waals surface area (Å²) in [4.78, 5) is 2.66. The Bertz CT molecular complexity index is 546. The molecule has 0 unspecified atom stereocenters. The summed E-state index contributed by atoms with van der Waals surface area (Å²) in [6.45, 7) is 0. The molecule has 0 spiro atoms. The molecule has 0 amide bonds. The van der Waals surface area contributed by atoms with Crippen molar-refractivity contribution in [1.29, 1.82) is 0 Å². The van der Waals surface area contributed by atoms with Crippen molar-refractivity contribution in [1.82, 2.24) is 0 Å². The molecule has 24 heavy (non-hydrogen) atoms. The Balaban J connectivity index is 1.62. The summed E-state index contributed by atoms with van der Waals surface area (Å²) in [5.41, 5.74) is 0. The van der Waals surface area contributed by atoms with Crippen LogP contribution < -0.4 is 0 Å². The standard InChI is InChI=1S/C21H26OS2/c22-20-14-8-7-9-17(20)15-16-21(23-18-10-3-1-4-11-18)24-19-12-5-2-6-13-19/h1-6,10-13,17,20-22H,7-9,14-16H2/t17-,20+/m0/s1. The Morgan fingerprint density at radius 3 is 1.92 bits per heavy atom. The minimum atomic E-state index is -0.0807. The van der Waals surface area contributed by atoms with Gasteiger partial charge in [-0.15, -0.1) is 23.5 Å². The predicted octanol–water partition coefficient (Wildman–Crippen LogP) is 6.23. The Hall–Kier alpha value is -0.900. The van der Waals surface area contributed by atoms with Crippen molar-refractivity contribution in [3.63, 3.8) is 0 Å². The fraction of sp³-hybridized carbons (Fsp3) is 0.429. The van der Waals surface area contributed by atoms with E-state index in [1.165, 1.54) is 29.1 Å². The van der Waals surface area contributed by atoms with Crippen molar-refractivity contribution in [2.24, 2.45) is 5.92 Å². The molecule has 0 radical (unpaired) electrons. The van der Waals surface area contributed by atoms with Gasteiger partial charge in [-0.3, -0.25) is 0 Å². The van der Waals surface area contributed by atoms with Crippen molar-refractivity contribution in [3.05, 3.63) is 60.7 Å². The number of aliphatic hydroxyl groups excluding tert-OH is 1. The molecule has 2 aromatic rings. The van der Waals surface area contributed by atoms with Crippen LogP contribution >= 0.6 is 23.5 Å². The maximum absolute atomic E-state index is 10.2. The molecule has 0 saturated heterocycles. The first-order chi connectivity index (χ1) is 11.8. The van der Waals surface area contributed by atoms with Crippen LogP contribution in [0.15, 0.2) is 70.5 Å².